The average molecular weight is 359 g/mol. The molecule has 0 aromatic carbocycles. The van der Waals surface area contributed by atoms with Gasteiger partial charge in [-0.25, -0.2) is 4.79 Å². The van der Waals surface area contributed by atoms with E-state index >= 15 is 0 Å². The van der Waals surface area contributed by atoms with E-state index < -0.39 is 0 Å². The molecule has 0 bridgehead atoms. The van der Waals surface area contributed by atoms with Crippen molar-refractivity contribution < 1.29 is 9.53 Å². The predicted molar refractivity (Wildman–Crippen MR) is 101 cm³/mol. The first-order valence-electron chi connectivity index (χ1n) is 8.91. The molecule has 7 nitrogen and oxygen atoms in total. The molecule has 0 saturated heterocycles. The lowest BCUT2D eigenvalue weighted by Gasteiger charge is -2.26. The number of rotatable bonds is 8. The van der Waals surface area contributed by atoms with E-state index in [4.69, 9.17) is 4.74 Å². The van der Waals surface area contributed by atoms with Gasteiger partial charge in [0, 0.05) is 44.4 Å². The van der Waals surface area contributed by atoms with Gasteiger partial charge in [0.25, 0.3) is 0 Å². The van der Waals surface area contributed by atoms with Crippen LogP contribution >= 0.6 is 0 Å². The Balaban J connectivity index is 2.15. The molecule has 26 heavy (non-hydrogen) atoms. The Bertz CT molecular complexity index is 714. The summed E-state index contributed by atoms with van der Waals surface area (Å²) in [6.45, 7) is 7.54. The van der Waals surface area contributed by atoms with E-state index in [1.807, 2.05) is 44.6 Å². The van der Waals surface area contributed by atoms with Crippen LogP contribution in [-0.2, 0) is 18.3 Å². The van der Waals surface area contributed by atoms with Crippen LogP contribution in [0, 0.1) is 13.8 Å². The summed E-state index contributed by atoms with van der Waals surface area (Å²) >= 11 is 0. The fraction of sp³-hybridized carbons (Fsp3) is 0.526. The molecule has 0 aliphatic rings. The number of urea groups is 1. The molecule has 0 aliphatic heterocycles. The van der Waals surface area contributed by atoms with Gasteiger partial charge in [0.2, 0.25) is 0 Å². The van der Waals surface area contributed by atoms with Gasteiger partial charge in [0.05, 0.1) is 24.9 Å². The van der Waals surface area contributed by atoms with Gasteiger partial charge in [-0.05, 0) is 31.9 Å². The van der Waals surface area contributed by atoms with Crippen LogP contribution in [0.4, 0.5) is 4.79 Å². The summed E-state index contributed by atoms with van der Waals surface area (Å²) in [6, 6.07) is 3.68. The summed E-state index contributed by atoms with van der Waals surface area (Å²) in [4.78, 5) is 18.9. The SMILES string of the molecule is CC[C@@H](NC(=O)N(CCOC)Cc1c(C)nn(C)c1C)c1cccnc1. The maximum Gasteiger partial charge on any atom is 0.318 e. The molecule has 0 saturated carbocycles. The van der Waals surface area contributed by atoms with E-state index in [2.05, 4.69) is 15.4 Å². The maximum absolute atomic E-state index is 12.9. The highest BCUT2D eigenvalue weighted by Gasteiger charge is 2.21. The topological polar surface area (TPSA) is 72.3 Å². The first-order chi connectivity index (χ1) is 12.5. The predicted octanol–water partition coefficient (Wildman–Crippen LogP) is 2.74. The zero-order valence-corrected chi connectivity index (χ0v) is 16.3. The Morgan fingerprint density at radius 2 is 2.19 bits per heavy atom. The van der Waals surface area contributed by atoms with Crippen LogP contribution < -0.4 is 5.32 Å². The van der Waals surface area contributed by atoms with E-state index in [0.29, 0.717) is 19.7 Å². The quantitative estimate of drug-likeness (QED) is 0.787. The molecule has 0 radical (unpaired) electrons. The average Bonchev–Trinajstić information content (AvgIpc) is 2.89. The largest absolute Gasteiger partial charge is 0.383 e. The number of hydrogen-bond donors (Lipinski definition) is 1. The minimum atomic E-state index is -0.111. The van der Waals surface area contributed by atoms with Crippen LogP contribution in [0.25, 0.3) is 0 Å². The molecular weight excluding hydrogens is 330 g/mol. The zero-order chi connectivity index (χ0) is 19.1. The third-order valence-corrected chi connectivity index (χ3v) is 4.65. The molecule has 142 valence electrons. The molecule has 0 aliphatic carbocycles. The van der Waals surface area contributed by atoms with Gasteiger partial charge in [-0.15, -0.1) is 0 Å². The van der Waals surface area contributed by atoms with Crippen LogP contribution in [0.3, 0.4) is 0 Å². The number of nitrogens with zero attached hydrogens (tertiary/aromatic N) is 4. The summed E-state index contributed by atoms with van der Waals surface area (Å²) < 4.78 is 7.04. The van der Waals surface area contributed by atoms with Gasteiger partial charge >= 0.3 is 6.03 Å². The second-order valence-corrected chi connectivity index (χ2v) is 6.38. The number of carbonyl (C=O) groups excluding carboxylic acids is 1. The van der Waals surface area contributed by atoms with Crippen molar-refractivity contribution in [1.29, 1.82) is 0 Å². The molecule has 0 fully saturated rings. The number of pyridine rings is 1. The highest BCUT2D eigenvalue weighted by atomic mass is 16.5. The molecule has 0 unspecified atom stereocenters. The standard InChI is InChI=1S/C19H29N5O2/c1-6-18(16-8-7-9-20-12-16)21-19(25)24(10-11-26-5)13-17-14(2)22-23(4)15(17)3/h7-9,12,18H,6,10-11,13H2,1-5H3,(H,21,25)/t18-/m1/s1. The molecule has 2 rings (SSSR count). The van der Waals surface area contributed by atoms with Gasteiger partial charge in [0.1, 0.15) is 0 Å². The summed E-state index contributed by atoms with van der Waals surface area (Å²) in [5, 5.41) is 7.57. The van der Waals surface area contributed by atoms with Crippen LogP contribution in [0.2, 0.25) is 0 Å². The Kier molecular flexibility index (Phi) is 7.15. The van der Waals surface area contributed by atoms with Crippen molar-refractivity contribution in [3.05, 3.63) is 47.0 Å². The van der Waals surface area contributed by atoms with Crippen molar-refractivity contribution in [2.45, 2.75) is 39.8 Å². The van der Waals surface area contributed by atoms with Crippen LogP contribution in [-0.4, -0.2) is 46.0 Å². The Hall–Kier alpha value is -2.41. The fourth-order valence-electron chi connectivity index (χ4n) is 2.93. The Labute approximate surface area is 155 Å². The van der Waals surface area contributed by atoms with E-state index in [0.717, 1.165) is 28.9 Å². The van der Waals surface area contributed by atoms with E-state index in [1.54, 1.807) is 24.4 Å². The van der Waals surface area contributed by atoms with Crippen molar-refractivity contribution in [3.63, 3.8) is 0 Å². The smallest absolute Gasteiger partial charge is 0.318 e. The van der Waals surface area contributed by atoms with Crippen molar-refractivity contribution in [3.8, 4) is 0 Å². The number of amides is 2. The van der Waals surface area contributed by atoms with Crippen LogP contribution in [0.5, 0.6) is 0 Å². The van der Waals surface area contributed by atoms with Gasteiger partial charge in [-0.1, -0.05) is 13.0 Å². The zero-order valence-electron chi connectivity index (χ0n) is 16.3. The van der Waals surface area contributed by atoms with Crippen LogP contribution in [0.1, 0.15) is 41.9 Å². The molecule has 2 aromatic heterocycles. The first-order valence-corrected chi connectivity index (χ1v) is 8.91. The Morgan fingerprint density at radius 3 is 2.73 bits per heavy atom. The van der Waals surface area contributed by atoms with Crippen molar-refractivity contribution in [1.82, 2.24) is 25.0 Å². The number of nitrogens with one attached hydrogen (secondary N) is 1. The summed E-state index contributed by atoms with van der Waals surface area (Å²) in [6.07, 6.45) is 4.32. The lowest BCUT2D eigenvalue weighted by atomic mass is 10.1. The van der Waals surface area contributed by atoms with Crippen LogP contribution in [0.15, 0.2) is 24.5 Å². The van der Waals surface area contributed by atoms with Crippen molar-refractivity contribution in [2.75, 3.05) is 20.3 Å². The molecule has 2 heterocycles. The maximum atomic E-state index is 12.9. The molecule has 2 amide bonds. The molecular formula is C19H29N5O2. The third-order valence-electron chi connectivity index (χ3n) is 4.65. The number of aryl methyl sites for hydroxylation is 2. The molecule has 1 N–H and O–H groups in total. The minimum absolute atomic E-state index is 0.0719. The summed E-state index contributed by atoms with van der Waals surface area (Å²) in [7, 11) is 3.56. The number of ether oxygens (including phenoxy) is 1. The van der Waals surface area contributed by atoms with Gasteiger partial charge in [0.15, 0.2) is 0 Å². The Morgan fingerprint density at radius 1 is 1.42 bits per heavy atom. The highest BCUT2D eigenvalue weighted by Crippen LogP contribution is 2.18. The lowest BCUT2D eigenvalue weighted by Crippen LogP contribution is -2.42. The molecule has 0 spiro atoms. The van der Waals surface area contributed by atoms with Gasteiger partial charge < -0.3 is 15.0 Å². The van der Waals surface area contributed by atoms with Crippen molar-refractivity contribution >= 4 is 6.03 Å². The molecule has 7 heteroatoms. The van der Waals surface area contributed by atoms with Gasteiger partial charge in [-0.3, -0.25) is 9.67 Å². The number of aromatic nitrogens is 3. The number of carbonyl (C=O) groups is 1. The normalized spacial score (nSPS) is 12.0. The van der Waals surface area contributed by atoms with E-state index in [-0.39, 0.29) is 12.1 Å². The monoisotopic (exact) mass is 359 g/mol. The van der Waals surface area contributed by atoms with Gasteiger partial charge in [-0.2, -0.15) is 5.10 Å². The summed E-state index contributed by atoms with van der Waals surface area (Å²) in [5.41, 5.74) is 4.09. The second kappa shape index (κ2) is 9.33. The fourth-order valence-corrected chi connectivity index (χ4v) is 2.93. The summed E-state index contributed by atoms with van der Waals surface area (Å²) in [5.74, 6) is 0. The van der Waals surface area contributed by atoms with E-state index in [1.165, 1.54) is 0 Å². The molecule has 1 atom stereocenters. The second-order valence-electron chi connectivity index (χ2n) is 6.38. The first kappa shape index (κ1) is 19.9. The highest BCUT2D eigenvalue weighted by molar-refractivity contribution is 5.74. The third kappa shape index (κ3) is 4.82. The molecule has 2 aromatic rings. The number of hydrogen-bond acceptors (Lipinski definition) is 4. The van der Waals surface area contributed by atoms with E-state index in [9.17, 15) is 4.79 Å². The number of methoxy groups -OCH3 is 1. The lowest BCUT2D eigenvalue weighted by molar-refractivity contribution is 0.144. The minimum Gasteiger partial charge on any atom is -0.383 e. The van der Waals surface area contributed by atoms with Crippen molar-refractivity contribution in [2.24, 2.45) is 7.05 Å².